The van der Waals surface area contributed by atoms with Crippen molar-refractivity contribution < 1.29 is 8.83 Å². The van der Waals surface area contributed by atoms with Crippen LogP contribution in [0.1, 0.15) is 77.6 Å². The van der Waals surface area contributed by atoms with E-state index >= 15 is 0 Å². The zero-order valence-electron chi connectivity index (χ0n) is 43.8. The maximum atomic E-state index is 7.04. The maximum Gasteiger partial charge on any atom is 0.159 e. The molecule has 11 aromatic carbocycles. The predicted molar refractivity (Wildman–Crippen MR) is 318 cm³/mol. The predicted octanol–water partition coefficient (Wildman–Crippen LogP) is 20.8. The van der Waals surface area contributed by atoms with Gasteiger partial charge in [-0.25, -0.2) is 0 Å². The summed E-state index contributed by atoms with van der Waals surface area (Å²) in [6, 6.07) is 75.6. The zero-order chi connectivity index (χ0) is 51.1. The molecule has 0 N–H and O–H groups in total. The largest absolute Gasteiger partial charge is 0.454 e. The summed E-state index contributed by atoms with van der Waals surface area (Å²) < 4.78 is 14.0. The molecule has 0 radical (unpaired) electrons. The second-order valence-electron chi connectivity index (χ2n) is 23.3. The van der Waals surface area contributed by atoms with Crippen molar-refractivity contribution in [3.63, 3.8) is 0 Å². The van der Waals surface area contributed by atoms with Crippen LogP contribution < -0.4 is 9.80 Å². The number of benzene rings is 11. The highest BCUT2D eigenvalue weighted by molar-refractivity contribution is 6.21. The van der Waals surface area contributed by atoms with Crippen LogP contribution in [0, 0.1) is 0 Å². The van der Waals surface area contributed by atoms with Gasteiger partial charge in [-0.1, -0.05) is 201 Å². The minimum absolute atomic E-state index is 0.0759. The topological polar surface area (TPSA) is 32.8 Å². The van der Waals surface area contributed by atoms with E-state index in [0.29, 0.717) is 0 Å². The fourth-order valence-corrected chi connectivity index (χ4v) is 12.9. The van der Waals surface area contributed by atoms with Crippen LogP contribution in [0.15, 0.2) is 215 Å². The van der Waals surface area contributed by atoms with Crippen molar-refractivity contribution in [2.24, 2.45) is 0 Å². The van der Waals surface area contributed by atoms with Gasteiger partial charge in [0.05, 0.1) is 11.4 Å². The molecule has 0 saturated carbocycles. The highest BCUT2D eigenvalue weighted by atomic mass is 16.3. The van der Waals surface area contributed by atoms with Gasteiger partial charge in [0.2, 0.25) is 0 Å². The Morgan fingerprint density at radius 3 is 1.32 bits per heavy atom. The van der Waals surface area contributed by atoms with Crippen molar-refractivity contribution in [3.8, 4) is 11.1 Å². The van der Waals surface area contributed by atoms with E-state index in [1.54, 1.807) is 0 Å². The van der Waals surface area contributed by atoms with Gasteiger partial charge < -0.3 is 18.6 Å². The molecule has 2 aromatic heterocycles. The number of fused-ring (bicyclic) bond motifs is 16. The number of anilines is 6. The molecule has 0 aliphatic heterocycles. The average molecular weight is 971 g/mol. The van der Waals surface area contributed by atoms with Crippen LogP contribution in [0.5, 0.6) is 0 Å². The monoisotopic (exact) mass is 970 g/mol. The first-order valence-corrected chi connectivity index (χ1v) is 26.4. The Morgan fingerprint density at radius 2 is 0.787 bits per heavy atom. The lowest BCUT2D eigenvalue weighted by Crippen LogP contribution is -2.16. The molecule has 0 unspecified atom stereocenters. The van der Waals surface area contributed by atoms with Gasteiger partial charge >= 0.3 is 0 Å². The van der Waals surface area contributed by atoms with Crippen LogP contribution in [-0.4, -0.2) is 0 Å². The van der Waals surface area contributed by atoms with E-state index in [2.05, 4.69) is 271 Å². The van der Waals surface area contributed by atoms with E-state index in [9.17, 15) is 0 Å². The number of rotatable bonds is 6. The molecule has 13 aromatic rings. The molecule has 0 amide bonds. The SMILES string of the molecule is CC(C)(C)c1cccc2c1oc1c(N(c3ccccc3)c3ccc4c5c(ccc4c3)-c3c(c4ccc(N(c6ccccc6)c6cccc7c6oc6c(C(C)(C)C)cccc67)cc4c4ccccc34)C5(C)C)cccc12. The molecule has 0 fully saturated rings. The Labute approximate surface area is 438 Å². The summed E-state index contributed by atoms with van der Waals surface area (Å²) in [5.74, 6) is 0. The first-order valence-electron chi connectivity index (χ1n) is 26.4. The van der Waals surface area contributed by atoms with Gasteiger partial charge in [0.25, 0.3) is 0 Å². The Hall–Kier alpha value is -8.60. The molecule has 14 rings (SSSR count). The van der Waals surface area contributed by atoms with Crippen LogP contribution in [0.25, 0.3) is 87.3 Å². The molecule has 4 heteroatoms. The lowest BCUT2D eigenvalue weighted by atomic mass is 9.77. The van der Waals surface area contributed by atoms with Gasteiger partial charge in [0.15, 0.2) is 11.2 Å². The smallest absolute Gasteiger partial charge is 0.159 e. The van der Waals surface area contributed by atoms with Gasteiger partial charge in [-0.2, -0.15) is 0 Å². The van der Waals surface area contributed by atoms with Crippen LogP contribution in [0.3, 0.4) is 0 Å². The Bertz CT molecular complexity index is 4470. The van der Waals surface area contributed by atoms with Gasteiger partial charge in [-0.3, -0.25) is 0 Å². The summed E-state index contributed by atoms with van der Waals surface area (Å²) in [4.78, 5) is 4.74. The van der Waals surface area contributed by atoms with Crippen molar-refractivity contribution in [3.05, 3.63) is 229 Å². The van der Waals surface area contributed by atoms with Crippen LogP contribution in [0.2, 0.25) is 0 Å². The van der Waals surface area contributed by atoms with E-state index < -0.39 is 0 Å². The van der Waals surface area contributed by atoms with Crippen molar-refractivity contribution in [1.29, 1.82) is 0 Å². The molecular formula is C71H58N2O2. The highest BCUT2D eigenvalue weighted by Gasteiger charge is 2.40. The summed E-state index contributed by atoms with van der Waals surface area (Å²) in [5, 5.41) is 12.0. The molecule has 0 bridgehead atoms. The van der Waals surface area contributed by atoms with Gasteiger partial charge in [-0.15, -0.1) is 0 Å². The lowest BCUT2D eigenvalue weighted by Gasteiger charge is -2.28. The molecule has 0 saturated heterocycles. The molecule has 1 aliphatic rings. The van der Waals surface area contributed by atoms with E-state index in [0.717, 1.165) is 78.0 Å². The van der Waals surface area contributed by atoms with Crippen molar-refractivity contribution in [2.75, 3.05) is 9.80 Å². The third-order valence-electron chi connectivity index (χ3n) is 16.2. The lowest BCUT2D eigenvalue weighted by molar-refractivity contribution is 0.572. The van der Waals surface area contributed by atoms with Gasteiger partial charge in [0, 0.05) is 60.8 Å². The molecule has 1 aliphatic carbocycles. The van der Waals surface area contributed by atoms with E-state index in [1.165, 1.54) is 65.7 Å². The summed E-state index contributed by atoms with van der Waals surface area (Å²) in [6.45, 7) is 18.4. The fraction of sp³-hybridized carbons (Fsp3) is 0.155. The number of furan rings is 2. The molecular weight excluding hydrogens is 913 g/mol. The highest BCUT2D eigenvalue weighted by Crippen LogP contribution is 2.58. The summed E-state index contributed by atoms with van der Waals surface area (Å²) in [5.41, 5.74) is 17.3. The molecule has 75 heavy (non-hydrogen) atoms. The standard InChI is InChI=1S/C71H58N2O2/c1-69(2,3)58-31-17-27-52-54-29-19-33-60(67(54)74-65(52)58)72(44-21-11-9-12-22-44)46-36-39-48-43(41-46)35-38-56-62-50-26-16-15-25-49(50)57-42-47(37-40-51(57)64(62)71(7,8)63(48)56)73(45-23-13-10-14-24-45)61-34-20-30-55-53-28-18-32-59(70(4,5)6)66(53)75-68(55)61/h9-42H,1-8H3. The Kier molecular flexibility index (Phi) is 9.73. The van der Waals surface area contributed by atoms with Crippen molar-refractivity contribution >= 4 is 110 Å². The average Bonchev–Trinajstić information content (AvgIpc) is 4.11. The molecule has 364 valence electrons. The molecule has 0 spiro atoms. The van der Waals surface area contributed by atoms with Crippen LogP contribution in [-0.2, 0) is 16.2 Å². The first kappa shape index (κ1) is 45.0. The van der Waals surface area contributed by atoms with Crippen LogP contribution in [0.4, 0.5) is 34.1 Å². The van der Waals surface area contributed by atoms with Gasteiger partial charge in [0.1, 0.15) is 11.2 Å². The van der Waals surface area contributed by atoms with E-state index in [4.69, 9.17) is 8.83 Å². The summed E-state index contributed by atoms with van der Waals surface area (Å²) in [7, 11) is 0. The quantitative estimate of drug-likeness (QED) is 0.155. The molecule has 0 atom stereocenters. The minimum Gasteiger partial charge on any atom is -0.454 e. The van der Waals surface area contributed by atoms with Crippen LogP contribution >= 0.6 is 0 Å². The number of hydrogen-bond donors (Lipinski definition) is 0. The van der Waals surface area contributed by atoms with Gasteiger partial charge in [-0.05, 0) is 126 Å². The minimum atomic E-state index is -0.330. The fourth-order valence-electron chi connectivity index (χ4n) is 12.9. The number of para-hydroxylation sites is 6. The Morgan fingerprint density at radius 1 is 0.333 bits per heavy atom. The first-order chi connectivity index (χ1) is 36.3. The maximum absolute atomic E-state index is 7.04. The second kappa shape index (κ2) is 16.2. The van der Waals surface area contributed by atoms with E-state index in [-0.39, 0.29) is 16.2 Å². The summed E-state index contributed by atoms with van der Waals surface area (Å²) in [6.07, 6.45) is 0. The number of nitrogens with zero attached hydrogens (tertiary/aromatic N) is 2. The normalized spacial score (nSPS) is 13.4. The Balaban J connectivity index is 0.937. The second-order valence-corrected chi connectivity index (χ2v) is 23.3. The molecule has 4 nitrogen and oxygen atoms in total. The number of hydrogen-bond acceptors (Lipinski definition) is 4. The van der Waals surface area contributed by atoms with E-state index in [1.807, 2.05) is 0 Å². The van der Waals surface area contributed by atoms with Crippen molar-refractivity contribution in [1.82, 2.24) is 0 Å². The third-order valence-corrected chi connectivity index (χ3v) is 16.2. The third kappa shape index (κ3) is 6.75. The molecule has 2 heterocycles. The zero-order valence-corrected chi connectivity index (χ0v) is 43.8. The van der Waals surface area contributed by atoms with Crippen molar-refractivity contribution in [2.45, 2.75) is 71.6 Å². The summed E-state index contributed by atoms with van der Waals surface area (Å²) >= 11 is 0.